The van der Waals surface area contributed by atoms with Gasteiger partial charge in [0.15, 0.2) is 0 Å². The summed E-state index contributed by atoms with van der Waals surface area (Å²) in [5.74, 6) is 0. The van der Waals surface area contributed by atoms with Gasteiger partial charge in [0.25, 0.3) is 0 Å². The normalized spacial score (nSPS) is 13.1. The van der Waals surface area contributed by atoms with E-state index in [0.29, 0.717) is 6.54 Å². The zero-order chi connectivity index (χ0) is 51.9. The minimum Gasteiger partial charge on any atom is -0.330 e. The monoisotopic (exact) mass is 1170 g/mol. The van der Waals surface area contributed by atoms with Crippen molar-refractivity contribution in [2.45, 2.75) is 149 Å². The van der Waals surface area contributed by atoms with Gasteiger partial charge in [-0.05, 0) is 19.5 Å². The molecule has 6 aromatic carbocycles. The zero-order valence-corrected chi connectivity index (χ0v) is 51.9. The van der Waals surface area contributed by atoms with Crippen LogP contribution < -0.4 is 16.8 Å². The molecule has 0 bridgehead atoms. The van der Waals surface area contributed by atoms with E-state index in [2.05, 4.69) is 270 Å². The third kappa shape index (κ3) is 17.2. The van der Waals surface area contributed by atoms with Gasteiger partial charge in [0.05, 0.1) is 0 Å². The third-order valence-corrected chi connectivity index (χ3v) is 60.5. The van der Waals surface area contributed by atoms with Crippen LogP contribution in [0.25, 0.3) is 0 Å². The first kappa shape index (κ1) is 58.6. The van der Waals surface area contributed by atoms with Gasteiger partial charge < -0.3 is 16.8 Å². The summed E-state index contributed by atoms with van der Waals surface area (Å²) in [6.45, 7) is 33.8. The summed E-state index contributed by atoms with van der Waals surface area (Å²) < 4.78 is 16.1. The minimum atomic E-state index is -4.11. The average Bonchev–Trinajstić information content (AvgIpc) is 3.34. The molecule has 0 fully saturated rings. The van der Waals surface area contributed by atoms with Gasteiger partial charge in [-0.1, -0.05) is 0 Å². The second-order valence-corrected chi connectivity index (χ2v) is 48.8. The summed E-state index contributed by atoms with van der Waals surface area (Å²) in [5, 5.41) is 3.13. The Bertz CT molecular complexity index is 1990. The van der Waals surface area contributed by atoms with Crippen molar-refractivity contribution in [3.05, 3.63) is 215 Å². The Kier molecular flexibility index (Phi) is 21.3. The number of hydrogen-bond acceptors (Lipinski definition) is 4. The van der Waals surface area contributed by atoms with E-state index in [1.165, 1.54) is 33.4 Å². The molecule has 4 nitrogen and oxygen atoms in total. The molecule has 0 aliphatic carbocycles. The third-order valence-electron chi connectivity index (χ3n) is 15.2. The van der Waals surface area contributed by atoms with Gasteiger partial charge in [0, 0.05) is 13.1 Å². The van der Waals surface area contributed by atoms with Gasteiger partial charge >= 0.3 is 397 Å². The zero-order valence-electron chi connectivity index (χ0n) is 46.2. The minimum absolute atomic E-state index is 0.0900. The summed E-state index contributed by atoms with van der Waals surface area (Å²) in [6, 6.07) is 68.6. The molecule has 6 aromatic rings. The van der Waals surface area contributed by atoms with Crippen molar-refractivity contribution in [2.24, 2.45) is 11.5 Å². The summed E-state index contributed by atoms with van der Waals surface area (Å²) in [4.78, 5) is 0. The Balaban J connectivity index is 0.00000108. The molecule has 5 N–H and O–H groups in total. The standard InChI is InChI=1S/6C10H13.C5H15N3.O.2Sn/c6*1-10(2,3)9-7-5-4-6-8-9;6-2-1-4-8-5-3-7;;;/h6*4-8H,1H2,2-3H3;8H,1-7H2;;;. The van der Waals surface area contributed by atoms with E-state index in [1.807, 2.05) is 0 Å². The molecule has 0 spiro atoms. The Morgan fingerprint density at radius 2 is 0.507 bits per heavy atom. The summed E-state index contributed by atoms with van der Waals surface area (Å²) in [6.07, 6.45) is 1.04. The number of rotatable bonds is 25. The van der Waals surface area contributed by atoms with E-state index in [-0.39, 0.29) is 32.5 Å². The molecular weight excluding hydrogens is 1080 g/mol. The first-order valence-electron chi connectivity index (χ1n) is 26.6. The number of nitrogens with one attached hydrogen (secondary N) is 1. The first-order chi connectivity index (χ1) is 33.5. The van der Waals surface area contributed by atoms with Gasteiger partial charge in [0.1, 0.15) is 0 Å². The van der Waals surface area contributed by atoms with Gasteiger partial charge in [-0.3, -0.25) is 0 Å². The summed E-state index contributed by atoms with van der Waals surface area (Å²) in [7, 11) is 0. The molecule has 6 rings (SSSR count). The molecule has 0 radical (unpaired) electrons. The molecule has 0 unspecified atom stereocenters. The van der Waals surface area contributed by atoms with Crippen molar-refractivity contribution in [2.75, 3.05) is 26.2 Å². The summed E-state index contributed by atoms with van der Waals surface area (Å²) >= 11 is -8.23. The van der Waals surface area contributed by atoms with Crippen LogP contribution in [0, 0.1) is 0 Å². The SMILES string of the molecule is CC(C)([CH2][Sn]([CH2]C(C)(C)c1ccccc1)([CH2]C(C)(C)c1ccccc1)[O][Sn]([CH2]C(C)(C)c1ccccc1)([CH2]C(C)(C)c1ccccc1)[CH2]C(C)(C)c1ccccc1)c1ccccc1.NCCCNCCN. The van der Waals surface area contributed by atoms with Crippen LogP contribution in [0.3, 0.4) is 0 Å². The van der Waals surface area contributed by atoms with E-state index in [1.54, 1.807) is 0 Å². The Hall–Kier alpha value is -3.24. The molecule has 0 saturated heterocycles. The van der Waals surface area contributed by atoms with Crippen LogP contribution in [0.5, 0.6) is 0 Å². The van der Waals surface area contributed by atoms with Crippen LogP contribution in [0.15, 0.2) is 182 Å². The first-order valence-corrected chi connectivity index (χ1v) is 41.1. The van der Waals surface area contributed by atoms with Crippen LogP contribution >= 0.6 is 0 Å². The largest absolute Gasteiger partial charge is 0.330 e. The van der Waals surface area contributed by atoms with Crippen LogP contribution in [0.4, 0.5) is 0 Å². The maximum absolute atomic E-state index is 9.39. The van der Waals surface area contributed by atoms with Crippen molar-refractivity contribution >= 4 is 37.6 Å². The fraction of sp³-hybridized carbons (Fsp3) is 0.446. The van der Waals surface area contributed by atoms with Crippen molar-refractivity contribution in [1.82, 2.24) is 5.32 Å². The van der Waals surface area contributed by atoms with Crippen molar-refractivity contribution in [3.8, 4) is 0 Å². The number of benzene rings is 6. The van der Waals surface area contributed by atoms with E-state index < -0.39 is 37.6 Å². The van der Waals surface area contributed by atoms with Gasteiger partial charge in [-0.15, -0.1) is 0 Å². The predicted molar refractivity (Wildman–Crippen MR) is 314 cm³/mol. The smallest absolute Gasteiger partial charge is 0.00745 e. The quantitative estimate of drug-likeness (QED) is 0.0394. The fourth-order valence-corrected chi connectivity index (χ4v) is 75.2. The van der Waals surface area contributed by atoms with E-state index in [0.717, 1.165) is 52.7 Å². The van der Waals surface area contributed by atoms with Gasteiger partial charge in [-0.2, -0.15) is 0 Å². The molecule has 382 valence electrons. The Morgan fingerprint density at radius 1 is 0.310 bits per heavy atom. The predicted octanol–water partition coefficient (Wildman–Crippen LogP) is 15.6. The van der Waals surface area contributed by atoms with Crippen LogP contribution in [-0.2, 0) is 33.9 Å². The summed E-state index contributed by atoms with van der Waals surface area (Å²) in [5.41, 5.74) is 18.4. The second-order valence-electron chi connectivity index (χ2n) is 24.7. The molecule has 71 heavy (non-hydrogen) atoms. The maximum Gasteiger partial charge on any atom is 0.00745 e. The van der Waals surface area contributed by atoms with Gasteiger partial charge in [0.2, 0.25) is 0 Å². The van der Waals surface area contributed by atoms with E-state index in [4.69, 9.17) is 11.5 Å². The Labute approximate surface area is 442 Å². The van der Waals surface area contributed by atoms with Crippen molar-refractivity contribution in [3.63, 3.8) is 0 Å². The molecule has 0 aromatic heterocycles. The molecule has 0 aliphatic rings. The fourth-order valence-electron chi connectivity index (χ4n) is 12.3. The van der Waals surface area contributed by atoms with E-state index >= 15 is 0 Å². The molecule has 0 heterocycles. The second kappa shape index (κ2) is 25.8. The van der Waals surface area contributed by atoms with Crippen LogP contribution in [-0.4, -0.2) is 63.8 Å². The molecule has 0 saturated carbocycles. The van der Waals surface area contributed by atoms with Crippen molar-refractivity contribution in [1.29, 1.82) is 0 Å². The van der Waals surface area contributed by atoms with Crippen molar-refractivity contribution < 1.29 is 1.41 Å². The maximum atomic E-state index is 9.39. The number of hydrogen-bond donors (Lipinski definition) is 3. The van der Waals surface area contributed by atoms with Gasteiger partial charge in [-0.25, -0.2) is 0 Å². The van der Waals surface area contributed by atoms with Crippen LogP contribution in [0.1, 0.15) is 123 Å². The van der Waals surface area contributed by atoms with E-state index in [9.17, 15) is 1.41 Å². The topological polar surface area (TPSA) is 73.3 Å². The average molecular weight is 1170 g/mol. The molecular formula is C65H93N3OSn2. The molecule has 6 heteroatoms. The molecule has 0 aliphatic heterocycles. The Morgan fingerprint density at radius 3 is 0.676 bits per heavy atom. The molecule has 0 atom stereocenters. The molecule has 0 amide bonds. The van der Waals surface area contributed by atoms with Crippen LogP contribution in [0.2, 0.25) is 26.6 Å². The number of nitrogens with two attached hydrogens (primary N) is 2.